The third-order valence-corrected chi connectivity index (χ3v) is 7.61. The standard InChI is InChI=1S/C22H24ClFN4S2/c1-27(17-10-12-28(13-11-17)15-16-6-3-2-4-7-16)18-14-21(29-22(18)23)30-26-20-9-5-8-19(24)25-20/h2-9,14,17H,10-13,15H2,1H3,(H,25,26). The molecule has 4 rings (SSSR count). The van der Waals surface area contributed by atoms with Crippen molar-refractivity contribution >= 4 is 46.4 Å². The summed E-state index contributed by atoms with van der Waals surface area (Å²) in [4.78, 5) is 8.65. The summed E-state index contributed by atoms with van der Waals surface area (Å²) in [7, 11) is 2.13. The van der Waals surface area contributed by atoms with Gasteiger partial charge < -0.3 is 9.62 Å². The van der Waals surface area contributed by atoms with Gasteiger partial charge in [-0.1, -0.05) is 48.0 Å². The van der Waals surface area contributed by atoms with Gasteiger partial charge in [-0.15, -0.1) is 11.3 Å². The molecule has 1 fully saturated rings. The van der Waals surface area contributed by atoms with Crippen LogP contribution in [0.2, 0.25) is 4.34 Å². The van der Waals surface area contributed by atoms with E-state index in [0.717, 1.165) is 46.7 Å². The van der Waals surface area contributed by atoms with Gasteiger partial charge in [0.25, 0.3) is 0 Å². The Morgan fingerprint density at radius 2 is 1.97 bits per heavy atom. The van der Waals surface area contributed by atoms with E-state index in [9.17, 15) is 4.39 Å². The highest BCUT2D eigenvalue weighted by atomic mass is 35.5. The smallest absolute Gasteiger partial charge is 0.214 e. The molecule has 1 saturated heterocycles. The molecule has 3 aromatic rings. The number of likely N-dealkylation sites (tertiary alicyclic amines) is 1. The number of hydrogen-bond acceptors (Lipinski definition) is 6. The number of rotatable bonds is 7. The van der Waals surface area contributed by atoms with Crippen LogP contribution in [0.3, 0.4) is 0 Å². The number of hydrogen-bond donors (Lipinski definition) is 1. The summed E-state index contributed by atoms with van der Waals surface area (Å²) in [5, 5.41) is 0. The maximum absolute atomic E-state index is 13.2. The third-order valence-electron chi connectivity index (χ3n) is 5.35. The average molecular weight is 463 g/mol. The maximum Gasteiger partial charge on any atom is 0.214 e. The molecule has 8 heteroatoms. The summed E-state index contributed by atoms with van der Waals surface area (Å²) in [5.41, 5.74) is 2.42. The average Bonchev–Trinajstić information content (AvgIpc) is 3.14. The molecule has 1 N–H and O–H groups in total. The topological polar surface area (TPSA) is 31.4 Å². The Morgan fingerprint density at radius 1 is 1.20 bits per heavy atom. The molecule has 0 saturated carbocycles. The van der Waals surface area contributed by atoms with Crippen LogP contribution < -0.4 is 9.62 Å². The maximum atomic E-state index is 13.2. The molecule has 158 valence electrons. The first kappa shape index (κ1) is 21.4. The number of pyridine rings is 1. The number of benzene rings is 1. The Bertz CT molecular complexity index is 961. The fourth-order valence-corrected chi connectivity index (χ4v) is 5.96. The summed E-state index contributed by atoms with van der Waals surface area (Å²) in [6, 6.07) is 17.9. The number of piperidine rings is 1. The minimum atomic E-state index is -0.496. The molecule has 0 unspecified atom stereocenters. The highest BCUT2D eigenvalue weighted by Gasteiger charge is 2.25. The van der Waals surface area contributed by atoms with Crippen molar-refractivity contribution < 1.29 is 4.39 Å². The Kier molecular flexibility index (Phi) is 7.15. The molecular weight excluding hydrogens is 439 g/mol. The van der Waals surface area contributed by atoms with Crippen molar-refractivity contribution in [3.63, 3.8) is 0 Å². The second kappa shape index (κ2) is 10.0. The monoisotopic (exact) mass is 462 g/mol. The quantitative estimate of drug-likeness (QED) is 0.336. The highest BCUT2D eigenvalue weighted by Crippen LogP contribution is 2.41. The molecule has 0 radical (unpaired) electrons. The Hall–Kier alpha value is -1.80. The lowest BCUT2D eigenvalue weighted by Crippen LogP contribution is -2.43. The molecule has 3 heterocycles. The SMILES string of the molecule is CN(c1cc(SNc2cccc(F)n2)sc1Cl)C1CCN(Cc2ccccc2)CC1. The van der Waals surface area contributed by atoms with Crippen LogP contribution in [0.25, 0.3) is 0 Å². The molecule has 1 aliphatic heterocycles. The van der Waals surface area contributed by atoms with Gasteiger partial charge in [0.05, 0.1) is 9.90 Å². The summed E-state index contributed by atoms with van der Waals surface area (Å²) in [5.74, 6) is -0.00550. The summed E-state index contributed by atoms with van der Waals surface area (Å²) in [6.45, 7) is 3.18. The normalized spacial score (nSPS) is 15.3. The number of nitrogens with zero attached hydrogens (tertiary/aromatic N) is 3. The molecule has 1 aliphatic rings. The summed E-state index contributed by atoms with van der Waals surface area (Å²) >= 11 is 9.48. The van der Waals surface area contributed by atoms with E-state index >= 15 is 0 Å². The van der Waals surface area contributed by atoms with Gasteiger partial charge in [0, 0.05) is 32.7 Å². The van der Waals surface area contributed by atoms with Crippen LogP contribution in [0.15, 0.2) is 58.8 Å². The number of halogens is 2. The van der Waals surface area contributed by atoms with E-state index in [-0.39, 0.29) is 0 Å². The van der Waals surface area contributed by atoms with Gasteiger partial charge in [-0.05, 0) is 48.6 Å². The van der Waals surface area contributed by atoms with Crippen molar-refractivity contribution in [3.05, 3.63) is 70.4 Å². The van der Waals surface area contributed by atoms with Crippen LogP contribution in [-0.2, 0) is 6.54 Å². The van der Waals surface area contributed by atoms with Crippen molar-refractivity contribution in [1.82, 2.24) is 9.88 Å². The minimum absolute atomic E-state index is 0.472. The largest absolute Gasteiger partial charge is 0.370 e. The molecule has 1 aromatic carbocycles. The van der Waals surface area contributed by atoms with E-state index in [1.54, 1.807) is 12.1 Å². The van der Waals surface area contributed by atoms with E-state index in [4.69, 9.17) is 11.6 Å². The van der Waals surface area contributed by atoms with Crippen LogP contribution in [0.5, 0.6) is 0 Å². The number of anilines is 2. The molecule has 0 atom stereocenters. The number of aromatic nitrogens is 1. The summed E-state index contributed by atoms with van der Waals surface area (Å²) in [6.07, 6.45) is 2.23. The van der Waals surface area contributed by atoms with Crippen molar-refractivity contribution in [1.29, 1.82) is 0 Å². The Labute approximate surface area is 190 Å². The van der Waals surface area contributed by atoms with E-state index < -0.39 is 5.95 Å². The molecular formula is C22H24ClFN4S2. The second-order valence-corrected chi connectivity index (χ2v) is 10.1. The van der Waals surface area contributed by atoms with Gasteiger partial charge in [-0.3, -0.25) is 4.90 Å². The first-order valence-corrected chi connectivity index (χ1v) is 11.9. The van der Waals surface area contributed by atoms with Gasteiger partial charge in [0.1, 0.15) is 10.2 Å². The molecule has 0 spiro atoms. The third kappa shape index (κ3) is 5.46. The predicted molar refractivity (Wildman–Crippen MR) is 126 cm³/mol. The van der Waals surface area contributed by atoms with Crippen molar-refractivity contribution in [3.8, 4) is 0 Å². The lowest BCUT2D eigenvalue weighted by atomic mass is 10.0. The zero-order chi connectivity index (χ0) is 20.9. The van der Waals surface area contributed by atoms with E-state index in [1.807, 2.05) is 0 Å². The van der Waals surface area contributed by atoms with Gasteiger partial charge in [0.2, 0.25) is 5.95 Å². The fraction of sp³-hybridized carbons (Fsp3) is 0.318. The molecule has 0 bridgehead atoms. The molecule has 2 aromatic heterocycles. The first-order valence-electron chi connectivity index (χ1n) is 9.92. The van der Waals surface area contributed by atoms with Crippen LogP contribution in [0.4, 0.5) is 15.9 Å². The zero-order valence-electron chi connectivity index (χ0n) is 16.7. The Morgan fingerprint density at radius 3 is 2.70 bits per heavy atom. The van der Waals surface area contributed by atoms with Gasteiger partial charge in [-0.2, -0.15) is 4.39 Å². The lowest BCUT2D eigenvalue weighted by molar-refractivity contribution is 0.203. The zero-order valence-corrected chi connectivity index (χ0v) is 19.1. The van der Waals surface area contributed by atoms with Crippen LogP contribution in [0, 0.1) is 5.95 Å². The summed E-state index contributed by atoms with van der Waals surface area (Å²) < 4.78 is 18.1. The fourth-order valence-electron chi connectivity index (χ4n) is 3.70. The second-order valence-electron chi connectivity index (χ2n) is 7.38. The predicted octanol–water partition coefficient (Wildman–Crippen LogP) is 6.16. The highest BCUT2D eigenvalue weighted by molar-refractivity contribution is 8.02. The van der Waals surface area contributed by atoms with Crippen LogP contribution >= 0.6 is 34.9 Å². The van der Waals surface area contributed by atoms with E-state index in [1.165, 1.54) is 34.9 Å². The van der Waals surface area contributed by atoms with Crippen molar-refractivity contribution in [2.24, 2.45) is 0 Å². The minimum Gasteiger partial charge on any atom is -0.370 e. The van der Waals surface area contributed by atoms with Crippen LogP contribution in [0.1, 0.15) is 18.4 Å². The Balaban J connectivity index is 1.32. The van der Waals surface area contributed by atoms with Gasteiger partial charge in [-0.25, -0.2) is 4.98 Å². The van der Waals surface area contributed by atoms with E-state index in [2.05, 4.69) is 63.0 Å². The van der Waals surface area contributed by atoms with Crippen LogP contribution in [-0.4, -0.2) is 36.1 Å². The number of nitrogens with one attached hydrogen (secondary N) is 1. The molecule has 4 nitrogen and oxygen atoms in total. The van der Waals surface area contributed by atoms with Crippen molar-refractivity contribution in [2.45, 2.75) is 29.6 Å². The van der Waals surface area contributed by atoms with Crippen molar-refractivity contribution in [2.75, 3.05) is 29.8 Å². The number of thiophene rings is 1. The molecule has 0 aliphatic carbocycles. The van der Waals surface area contributed by atoms with Gasteiger partial charge in [0.15, 0.2) is 0 Å². The van der Waals surface area contributed by atoms with E-state index in [0.29, 0.717) is 11.9 Å². The lowest BCUT2D eigenvalue weighted by Gasteiger charge is -2.37. The molecule has 30 heavy (non-hydrogen) atoms. The van der Waals surface area contributed by atoms with Gasteiger partial charge >= 0.3 is 0 Å². The molecule has 0 amide bonds. The first-order chi connectivity index (χ1) is 14.6.